The van der Waals surface area contributed by atoms with Gasteiger partial charge in [0.2, 0.25) is 5.91 Å². The first-order valence-electron chi connectivity index (χ1n) is 10.5. The highest BCUT2D eigenvalue weighted by atomic mass is 32.2. The van der Waals surface area contributed by atoms with Gasteiger partial charge in [-0.05, 0) is 37.1 Å². The van der Waals surface area contributed by atoms with Crippen molar-refractivity contribution in [1.82, 2.24) is 14.4 Å². The highest BCUT2D eigenvalue weighted by Gasteiger charge is 2.16. The summed E-state index contributed by atoms with van der Waals surface area (Å²) < 4.78 is 4.21. The molecule has 7 heteroatoms. The van der Waals surface area contributed by atoms with Crippen molar-refractivity contribution in [3.8, 4) is 11.3 Å². The molecular formula is C25H22N4OS2. The van der Waals surface area contributed by atoms with Gasteiger partial charge in [-0.2, -0.15) is 0 Å². The molecule has 0 bridgehead atoms. The first-order chi connectivity index (χ1) is 15.7. The smallest absolute Gasteiger partial charge is 0.225 e. The normalized spacial score (nSPS) is 11.3. The number of carbonyl (C=O) groups is 1. The quantitative estimate of drug-likeness (QED) is 0.225. The van der Waals surface area contributed by atoms with E-state index < -0.39 is 0 Å². The second kappa shape index (κ2) is 9.14. The number of nitrogens with zero attached hydrogens (tertiary/aromatic N) is 3. The van der Waals surface area contributed by atoms with Gasteiger partial charge in [-0.25, -0.2) is 9.97 Å². The Bertz CT molecular complexity index is 1360. The first-order valence-corrected chi connectivity index (χ1v) is 12.3. The Labute approximate surface area is 194 Å². The van der Waals surface area contributed by atoms with Gasteiger partial charge in [0.1, 0.15) is 17.2 Å². The van der Waals surface area contributed by atoms with E-state index in [2.05, 4.69) is 16.4 Å². The third kappa shape index (κ3) is 4.40. The summed E-state index contributed by atoms with van der Waals surface area (Å²) in [6, 6.07) is 22.1. The number of para-hydroxylation sites is 1. The molecule has 0 fully saturated rings. The summed E-state index contributed by atoms with van der Waals surface area (Å²) >= 11 is 3.41. The molecule has 0 aliphatic heterocycles. The van der Waals surface area contributed by atoms with Gasteiger partial charge in [-0.15, -0.1) is 11.3 Å². The van der Waals surface area contributed by atoms with Crippen LogP contribution in [0.25, 0.3) is 27.1 Å². The molecule has 1 amide bonds. The van der Waals surface area contributed by atoms with Crippen molar-refractivity contribution < 1.29 is 4.79 Å². The van der Waals surface area contributed by atoms with Crippen LogP contribution in [-0.4, -0.2) is 26.0 Å². The Morgan fingerprint density at radius 3 is 2.69 bits per heavy atom. The van der Waals surface area contributed by atoms with Gasteiger partial charge in [0.05, 0.1) is 10.2 Å². The Morgan fingerprint density at radius 1 is 1.03 bits per heavy atom. The maximum Gasteiger partial charge on any atom is 0.225 e. The van der Waals surface area contributed by atoms with E-state index in [1.54, 1.807) is 23.1 Å². The van der Waals surface area contributed by atoms with Crippen molar-refractivity contribution in [2.75, 3.05) is 11.1 Å². The third-order valence-corrected chi connectivity index (χ3v) is 7.39. The summed E-state index contributed by atoms with van der Waals surface area (Å²) in [5.41, 5.74) is 4.73. The lowest BCUT2D eigenvalue weighted by molar-refractivity contribution is -0.116. The maximum absolute atomic E-state index is 12.8. The Morgan fingerprint density at radius 2 is 1.84 bits per heavy atom. The minimum absolute atomic E-state index is 0.00427. The topological polar surface area (TPSA) is 59.3 Å². The van der Waals surface area contributed by atoms with Crippen molar-refractivity contribution in [3.05, 3.63) is 78.5 Å². The molecule has 32 heavy (non-hydrogen) atoms. The average molecular weight is 459 g/mol. The lowest BCUT2D eigenvalue weighted by Gasteiger charge is -2.08. The Kier molecular flexibility index (Phi) is 5.92. The number of imidazole rings is 1. The SMILES string of the molecule is Cc1ccc2nc(-c3ccccc3)c(NC(=O)CCCSc3nc4ccccc4s3)n2c1. The average Bonchev–Trinajstić information content (AvgIpc) is 3.38. The van der Waals surface area contributed by atoms with Gasteiger partial charge in [-0.3, -0.25) is 9.20 Å². The molecule has 3 aromatic heterocycles. The molecule has 0 unspecified atom stereocenters. The molecule has 0 saturated heterocycles. The Hall–Kier alpha value is -3.16. The number of nitrogens with one attached hydrogen (secondary N) is 1. The monoisotopic (exact) mass is 458 g/mol. The van der Waals surface area contributed by atoms with E-state index in [9.17, 15) is 4.79 Å². The van der Waals surface area contributed by atoms with Crippen LogP contribution in [0.5, 0.6) is 0 Å². The summed E-state index contributed by atoms with van der Waals surface area (Å²) in [5, 5.41) is 3.12. The minimum Gasteiger partial charge on any atom is -0.310 e. The molecule has 0 saturated carbocycles. The molecule has 5 rings (SSSR count). The van der Waals surface area contributed by atoms with E-state index in [1.807, 2.05) is 78.2 Å². The molecule has 0 radical (unpaired) electrons. The molecule has 1 N–H and O–H groups in total. The van der Waals surface area contributed by atoms with Crippen molar-refractivity contribution in [1.29, 1.82) is 0 Å². The molecule has 160 valence electrons. The van der Waals surface area contributed by atoms with E-state index in [-0.39, 0.29) is 5.91 Å². The first kappa shape index (κ1) is 20.7. The van der Waals surface area contributed by atoms with E-state index >= 15 is 0 Å². The number of hydrogen-bond acceptors (Lipinski definition) is 5. The van der Waals surface area contributed by atoms with E-state index in [4.69, 9.17) is 4.98 Å². The highest BCUT2D eigenvalue weighted by molar-refractivity contribution is 8.01. The molecular weight excluding hydrogens is 436 g/mol. The van der Waals surface area contributed by atoms with Crippen molar-refractivity contribution in [2.45, 2.75) is 24.1 Å². The number of fused-ring (bicyclic) bond motifs is 2. The van der Waals surface area contributed by atoms with Gasteiger partial charge in [0.25, 0.3) is 0 Å². The van der Waals surface area contributed by atoms with Gasteiger partial charge >= 0.3 is 0 Å². The predicted octanol–water partition coefficient (Wildman–Crippen LogP) is 6.43. The zero-order chi connectivity index (χ0) is 21.9. The number of rotatable bonds is 7. The van der Waals surface area contributed by atoms with Crippen LogP contribution in [0.3, 0.4) is 0 Å². The van der Waals surface area contributed by atoms with Crippen LogP contribution in [-0.2, 0) is 4.79 Å². The largest absolute Gasteiger partial charge is 0.310 e. The van der Waals surface area contributed by atoms with Crippen LogP contribution < -0.4 is 5.32 Å². The molecule has 3 heterocycles. The fourth-order valence-electron chi connectivity index (χ4n) is 3.57. The van der Waals surface area contributed by atoms with E-state index in [1.165, 1.54) is 4.70 Å². The number of pyridine rings is 1. The van der Waals surface area contributed by atoms with Crippen molar-refractivity contribution >= 4 is 50.7 Å². The summed E-state index contributed by atoms with van der Waals surface area (Å²) in [6.07, 6.45) is 3.24. The number of aryl methyl sites for hydroxylation is 1. The van der Waals surface area contributed by atoms with Gasteiger partial charge < -0.3 is 5.32 Å². The zero-order valence-corrected chi connectivity index (χ0v) is 19.2. The fourth-order valence-corrected chi connectivity index (χ4v) is 5.65. The van der Waals surface area contributed by atoms with Crippen molar-refractivity contribution in [2.24, 2.45) is 0 Å². The van der Waals surface area contributed by atoms with E-state index in [0.717, 1.165) is 50.3 Å². The number of thiazole rings is 1. The number of carbonyl (C=O) groups excluding carboxylic acids is 1. The molecule has 0 atom stereocenters. The maximum atomic E-state index is 12.8. The summed E-state index contributed by atoms with van der Waals surface area (Å²) in [7, 11) is 0. The van der Waals surface area contributed by atoms with E-state index in [0.29, 0.717) is 6.42 Å². The number of hydrogen-bond donors (Lipinski definition) is 1. The standard InChI is InChI=1S/C25H22N4OS2/c1-17-13-14-21-27-23(18-8-3-2-4-9-18)24(29(21)16-17)28-22(30)12-7-15-31-25-26-19-10-5-6-11-20(19)32-25/h2-6,8-11,13-14,16H,7,12,15H2,1H3,(H,28,30). The van der Waals surface area contributed by atoms with Crippen LogP contribution in [0.2, 0.25) is 0 Å². The molecule has 5 aromatic rings. The summed E-state index contributed by atoms with van der Waals surface area (Å²) in [4.78, 5) is 22.2. The van der Waals surface area contributed by atoms with Gasteiger partial charge in [-0.1, -0.05) is 60.3 Å². The molecule has 2 aromatic carbocycles. The third-order valence-electron chi connectivity index (χ3n) is 5.12. The summed E-state index contributed by atoms with van der Waals surface area (Å²) in [5.74, 6) is 1.57. The van der Waals surface area contributed by atoms with Gasteiger partial charge in [0, 0.05) is 23.9 Å². The molecule has 0 aliphatic rings. The number of thioether (sulfide) groups is 1. The molecule has 0 spiro atoms. The van der Waals surface area contributed by atoms with Crippen LogP contribution in [0.15, 0.2) is 77.3 Å². The van der Waals surface area contributed by atoms with Crippen LogP contribution in [0, 0.1) is 6.92 Å². The lowest BCUT2D eigenvalue weighted by atomic mass is 10.1. The second-order valence-corrected chi connectivity index (χ2v) is 9.93. The van der Waals surface area contributed by atoms with Gasteiger partial charge in [0.15, 0.2) is 4.34 Å². The Balaban J connectivity index is 1.27. The van der Waals surface area contributed by atoms with Crippen molar-refractivity contribution in [3.63, 3.8) is 0 Å². The van der Waals surface area contributed by atoms with Crippen LogP contribution in [0.1, 0.15) is 18.4 Å². The highest BCUT2D eigenvalue weighted by Crippen LogP contribution is 2.31. The second-order valence-electron chi connectivity index (χ2n) is 7.56. The summed E-state index contributed by atoms with van der Waals surface area (Å²) in [6.45, 7) is 2.03. The fraction of sp³-hybridized carbons (Fsp3) is 0.160. The predicted molar refractivity (Wildman–Crippen MR) is 134 cm³/mol. The van der Waals surface area contributed by atoms with Crippen LogP contribution >= 0.6 is 23.1 Å². The minimum atomic E-state index is -0.00427. The number of anilines is 1. The molecule has 0 aliphatic carbocycles. The molecule has 5 nitrogen and oxygen atoms in total. The van der Waals surface area contributed by atoms with Crippen LogP contribution in [0.4, 0.5) is 5.82 Å². The lowest BCUT2D eigenvalue weighted by Crippen LogP contribution is -2.13. The number of amides is 1. The number of aromatic nitrogens is 3. The zero-order valence-electron chi connectivity index (χ0n) is 17.6. The number of benzene rings is 2.